The quantitative estimate of drug-likeness (QED) is 0.406. The molecule has 0 saturated carbocycles. The first kappa shape index (κ1) is 27.9. The number of para-hydroxylation sites is 1. The molecule has 9 heteroatoms. The first-order valence-corrected chi connectivity index (χ1v) is 13.5. The van der Waals surface area contributed by atoms with Gasteiger partial charge in [-0.2, -0.15) is 0 Å². The van der Waals surface area contributed by atoms with E-state index in [1.165, 1.54) is 35.2 Å². The number of hydrogen-bond donors (Lipinski definition) is 1. The molecule has 0 radical (unpaired) electrons. The smallest absolute Gasteiger partial charge is 0.264 e. The maximum Gasteiger partial charge on any atom is 0.264 e. The number of amides is 2. The predicted octanol–water partition coefficient (Wildman–Crippen LogP) is 4.21. The largest absolute Gasteiger partial charge is 0.354 e. The monoisotopic (exact) mass is 525 g/mol. The summed E-state index contributed by atoms with van der Waals surface area (Å²) in [5, 5.41) is 2.83. The lowest BCUT2D eigenvalue weighted by Gasteiger charge is -2.32. The van der Waals surface area contributed by atoms with Crippen LogP contribution in [0.3, 0.4) is 0 Å². The molecule has 196 valence electrons. The normalized spacial score (nSPS) is 12.1. The van der Waals surface area contributed by atoms with Crippen molar-refractivity contribution in [2.75, 3.05) is 17.4 Å². The van der Waals surface area contributed by atoms with E-state index >= 15 is 0 Å². The second kappa shape index (κ2) is 12.5. The Morgan fingerprint density at radius 3 is 2.03 bits per heavy atom. The first-order valence-electron chi connectivity index (χ1n) is 12.0. The van der Waals surface area contributed by atoms with Gasteiger partial charge >= 0.3 is 0 Å². The minimum Gasteiger partial charge on any atom is -0.354 e. The zero-order valence-electron chi connectivity index (χ0n) is 21.2. The summed E-state index contributed by atoms with van der Waals surface area (Å²) < 4.78 is 42.8. The lowest BCUT2D eigenvalue weighted by Crippen LogP contribution is -2.51. The number of nitrogens with one attached hydrogen (secondary N) is 1. The highest BCUT2D eigenvalue weighted by molar-refractivity contribution is 7.92. The second-order valence-electron chi connectivity index (χ2n) is 9.10. The summed E-state index contributed by atoms with van der Waals surface area (Å²) in [6.45, 7) is 5.33. The summed E-state index contributed by atoms with van der Waals surface area (Å²) in [6, 6.07) is 21.1. The number of carbonyl (C=O) groups is 2. The zero-order chi connectivity index (χ0) is 27.0. The SMILES string of the molecule is CC(C)CNC(=O)[C@@H](C)N(Cc1ccccc1)C(=O)CN(c1ccccc1F)S(=O)(=O)c1ccccc1. The van der Waals surface area contributed by atoms with E-state index in [1.54, 1.807) is 25.1 Å². The van der Waals surface area contributed by atoms with Gasteiger partial charge in [0.05, 0.1) is 10.6 Å². The number of anilines is 1. The molecule has 1 N–H and O–H groups in total. The predicted molar refractivity (Wildman–Crippen MR) is 142 cm³/mol. The fourth-order valence-electron chi connectivity index (χ4n) is 3.70. The molecule has 1 atom stereocenters. The summed E-state index contributed by atoms with van der Waals surface area (Å²) in [6.07, 6.45) is 0. The van der Waals surface area contributed by atoms with Crippen molar-refractivity contribution in [1.29, 1.82) is 0 Å². The molecule has 37 heavy (non-hydrogen) atoms. The van der Waals surface area contributed by atoms with E-state index in [9.17, 15) is 22.4 Å². The van der Waals surface area contributed by atoms with Gasteiger partial charge in [0.25, 0.3) is 10.0 Å². The maximum atomic E-state index is 14.9. The molecule has 0 heterocycles. The molecule has 0 aliphatic carbocycles. The number of hydrogen-bond acceptors (Lipinski definition) is 4. The van der Waals surface area contributed by atoms with E-state index in [1.807, 2.05) is 44.2 Å². The molecule has 7 nitrogen and oxygen atoms in total. The van der Waals surface area contributed by atoms with Crippen LogP contribution in [0.5, 0.6) is 0 Å². The van der Waals surface area contributed by atoms with E-state index in [4.69, 9.17) is 0 Å². The molecular formula is C28H32FN3O4S. The van der Waals surface area contributed by atoms with Gasteiger partial charge in [-0.05, 0) is 42.7 Å². The summed E-state index contributed by atoms with van der Waals surface area (Å²) in [4.78, 5) is 27.9. The van der Waals surface area contributed by atoms with E-state index in [-0.39, 0.29) is 29.0 Å². The van der Waals surface area contributed by atoms with Crippen molar-refractivity contribution in [3.63, 3.8) is 0 Å². The van der Waals surface area contributed by atoms with Crippen LogP contribution in [0.1, 0.15) is 26.3 Å². The number of halogens is 1. The zero-order valence-corrected chi connectivity index (χ0v) is 22.0. The molecule has 2 amide bonds. The van der Waals surface area contributed by atoms with E-state index < -0.39 is 34.3 Å². The van der Waals surface area contributed by atoms with E-state index in [2.05, 4.69) is 5.32 Å². The van der Waals surface area contributed by atoms with Crippen LogP contribution < -0.4 is 9.62 Å². The Labute approximate surface area is 218 Å². The lowest BCUT2D eigenvalue weighted by molar-refractivity contribution is -0.139. The summed E-state index contributed by atoms with van der Waals surface area (Å²) in [5.41, 5.74) is 0.513. The third kappa shape index (κ3) is 7.16. The van der Waals surface area contributed by atoms with Gasteiger partial charge in [0.1, 0.15) is 18.4 Å². The van der Waals surface area contributed by atoms with Crippen molar-refractivity contribution in [3.05, 3.63) is 96.3 Å². The fourth-order valence-corrected chi connectivity index (χ4v) is 5.15. The highest BCUT2D eigenvalue weighted by Gasteiger charge is 2.33. The van der Waals surface area contributed by atoms with Crippen molar-refractivity contribution in [1.82, 2.24) is 10.2 Å². The summed E-state index contributed by atoms with van der Waals surface area (Å²) in [7, 11) is -4.30. The number of sulfonamides is 1. The van der Waals surface area contributed by atoms with Crippen LogP contribution in [0.2, 0.25) is 0 Å². The number of carbonyl (C=O) groups excluding carboxylic acids is 2. The molecule has 0 unspecified atom stereocenters. The van der Waals surface area contributed by atoms with E-state index in [0.29, 0.717) is 6.54 Å². The third-order valence-corrected chi connectivity index (χ3v) is 7.55. The third-order valence-electron chi connectivity index (χ3n) is 5.78. The van der Waals surface area contributed by atoms with Crippen LogP contribution in [-0.4, -0.2) is 44.3 Å². The van der Waals surface area contributed by atoms with Crippen molar-refractivity contribution in [3.8, 4) is 0 Å². The molecule has 3 rings (SSSR count). The Hall–Kier alpha value is -3.72. The number of nitrogens with zero attached hydrogens (tertiary/aromatic N) is 2. The lowest BCUT2D eigenvalue weighted by atomic mass is 10.1. The highest BCUT2D eigenvalue weighted by Crippen LogP contribution is 2.26. The molecule has 0 aromatic heterocycles. The minimum absolute atomic E-state index is 0.0758. The van der Waals surface area contributed by atoms with Gasteiger partial charge in [0.2, 0.25) is 11.8 Å². The molecule has 0 fully saturated rings. The van der Waals surface area contributed by atoms with Crippen molar-refractivity contribution >= 4 is 27.5 Å². The minimum atomic E-state index is -4.30. The highest BCUT2D eigenvalue weighted by atomic mass is 32.2. The van der Waals surface area contributed by atoms with Crippen molar-refractivity contribution in [2.24, 2.45) is 5.92 Å². The van der Waals surface area contributed by atoms with Crippen LogP contribution in [0, 0.1) is 11.7 Å². The van der Waals surface area contributed by atoms with Crippen LogP contribution in [0.4, 0.5) is 10.1 Å². The Kier molecular flexibility index (Phi) is 9.41. The van der Waals surface area contributed by atoms with Gasteiger partial charge < -0.3 is 10.2 Å². The molecule has 3 aromatic carbocycles. The van der Waals surface area contributed by atoms with Gasteiger partial charge in [-0.3, -0.25) is 13.9 Å². The molecule has 0 saturated heterocycles. The fraction of sp³-hybridized carbons (Fsp3) is 0.286. The van der Waals surface area contributed by atoms with Gasteiger partial charge in [-0.1, -0.05) is 74.5 Å². The molecular weight excluding hydrogens is 493 g/mol. The summed E-state index contributed by atoms with van der Waals surface area (Å²) in [5.74, 6) is -1.57. The average molecular weight is 526 g/mol. The van der Waals surface area contributed by atoms with Gasteiger partial charge in [-0.25, -0.2) is 12.8 Å². The first-order chi connectivity index (χ1) is 17.6. The van der Waals surface area contributed by atoms with Crippen molar-refractivity contribution in [2.45, 2.75) is 38.3 Å². The number of rotatable bonds is 11. The Morgan fingerprint density at radius 2 is 1.43 bits per heavy atom. The number of benzene rings is 3. The molecule has 0 spiro atoms. The van der Waals surface area contributed by atoms with Crippen LogP contribution in [0.15, 0.2) is 89.8 Å². The average Bonchev–Trinajstić information content (AvgIpc) is 2.90. The molecule has 0 aliphatic heterocycles. The Morgan fingerprint density at radius 1 is 0.865 bits per heavy atom. The Balaban J connectivity index is 1.99. The van der Waals surface area contributed by atoms with Gasteiger partial charge in [0, 0.05) is 13.1 Å². The van der Waals surface area contributed by atoms with Crippen LogP contribution in [-0.2, 0) is 26.2 Å². The molecule has 0 bridgehead atoms. The standard InChI is InChI=1S/C28H32FN3O4S/c1-21(2)18-30-28(34)22(3)31(19-23-12-6-4-7-13-23)27(33)20-32(26-17-11-10-16-25(26)29)37(35,36)24-14-8-5-9-15-24/h4-17,21-22H,18-20H2,1-3H3,(H,30,34)/t22-/m1/s1. The topological polar surface area (TPSA) is 86.8 Å². The van der Waals surface area contributed by atoms with Crippen LogP contribution in [0.25, 0.3) is 0 Å². The van der Waals surface area contributed by atoms with Gasteiger partial charge in [-0.15, -0.1) is 0 Å². The molecule has 3 aromatic rings. The summed E-state index contributed by atoms with van der Waals surface area (Å²) >= 11 is 0. The molecule has 0 aliphatic rings. The maximum absolute atomic E-state index is 14.9. The van der Waals surface area contributed by atoms with Gasteiger partial charge in [0.15, 0.2) is 0 Å². The van der Waals surface area contributed by atoms with Crippen molar-refractivity contribution < 1.29 is 22.4 Å². The van der Waals surface area contributed by atoms with E-state index in [0.717, 1.165) is 15.9 Å². The second-order valence-corrected chi connectivity index (χ2v) is 11.0. The van der Waals surface area contributed by atoms with Crippen LogP contribution >= 0.6 is 0 Å². The Bertz CT molecular complexity index is 1300.